The number of hydrogen-bond donors (Lipinski definition) is 2. The molecular weight excluding hydrogens is 300 g/mol. The third-order valence-electron chi connectivity index (χ3n) is 4.69. The van der Waals surface area contributed by atoms with Gasteiger partial charge in [0.1, 0.15) is 0 Å². The fraction of sp³-hybridized carbons (Fsp3) is 0.350. The highest BCUT2D eigenvalue weighted by Gasteiger charge is 2.25. The SMILES string of the molecule is Cc1ccccc1-c1ccc(NC(=O)N2CCCC[C@H]2CO)cc1. The molecule has 2 N–H and O–H groups in total. The number of nitrogens with zero attached hydrogens (tertiary/aromatic N) is 1. The first-order valence-electron chi connectivity index (χ1n) is 8.53. The van der Waals surface area contributed by atoms with Crippen molar-refractivity contribution < 1.29 is 9.90 Å². The smallest absolute Gasteiger partial charge is 0.322 e. The molecule has 0 aliphatic carbocycles. The summed E-state index contributed by atoms with van der Waals surface area (Å²) in [6.07, 6.45) is 2.94. The normalized spacial score (nSPS) is 17.6. The number of amides is 2. The molecule has 3 rings (SSSR count). The Bertz CT molecular complexity index is 697. The lowest BCUT2D eigenvalue weighted by Crippen LogP contribution is -2.47. The summed E-state index contributed by atoms with van der Waals surface area (Å²) in [4.78, 5) is 14.2. The third-order valence-corrected chi connectivity index (χ3v) is 4.69. The molecule has 4 nitrogen and oxygen atoms in total. The minimum atomic E-state index is -0.127. The number of benzene rings is 2. The first-order chi connectivity index (χ1) is 11.7. The summed E-state index contributed by atoms with van der Waals surface area (Å²) < 4.78 is 0. The number of urea groups is 1. The van der Waals surface area contributed by atoms with E-state index in [1.165, 1.54) is 11.1 Å². The van der Waals surface area contributed by atoms with E-state index in [1.54, 1.807) is 4.90 Å². The van der Waals surface area contributed by atoms with Crippen LogP contribution in [0.2, 0.25) is 0 Å². The number of carbonyl (C=O) groups excluding carboxylic acids is 1. The molecule has 1 aliphatic heterocycles. The second kappa shape index (κ2) is 7.49. The Hall–Kier alpha value is -2.33. The van der Waals surface area contributed by atoms with Gasteiger partial charge >= 0.3 is 6.03 Å². The van der Waals surface area contributed by atoms with Crippen LogP contribution in [-0.4, -0.2) is 35.2 Å². The van der Waals surface area contributed by atoms with Gasteiger partial charge in [0, 0.05) is 12.2 Å². The molecule has 1 atom stereocenters. The van der Waals surface area contributed by atoms with Crippen LogP contribution in [0, 0.1) is 6.92 Å². The molecule has 2 aromatic carbocycles. The van der Waals surface area contributed by atoms with Gasteiger partial charge in [-0.15, -0.1) is 0 Å². The summed E-state index contributed by atoms with van der Waals surface area (Å²) >= 11 is 0. The van der Waals surface area contributed by atoms with Gasteiger partial charge in [0.15, 0.2) is 0 Å². The number of nitrogens with one attached hydrogen (secondary N) is 1. The Morgan fingerprint density at radius 1 is 1.17 bits per heavy atom. The zero-order chi connectivity index (χ0) is 16.9. The molecule has 4 heteroatoms. The number of aryl methyl sites for hydroxylation is 1. The molecule has 24 heavy (non-hydrogen) atoms. The lowest BCUT2D eigenvalue weighted by molar-refractivity contribution is 0.115. The van der Waals surface area contributed by atoms with E-state index in [4.69, 9.17) is 0 Å². The van der Waals surface area contributed by atoms with E-state index < -0.39 is 0 Å². The van der Waals surface area contributed by atoms with E-state index in [2.05, 4.69) is 24.4 Å². The number of carbonyl (C=O) groups is 1. The molecule has 0 radical (unpaired) electrons. The van der Waals surface area contributed by atoms with Crippen molar-refractivity contribution in [2.75, 3.05) is 18.5 Å². The number of aliphatic hydroxyl groups is 1. The van der Waals surface area contributed by atoms with Crippen molar-refractivity contribution in [2.45, 2.75) is 32.2 Å². The van der Waals surface area contributed by atoms with Crippen molar-refractivity contribution in [1.29, 1.82) is 0 Å². The van der Waals surface area contributed by atoms with Crippen LogP contribution in [-0.2, 0) is 0 Å². The molecule has 1 fully saturated rings. The van der Waals surface area contributed by atoms with Crippen LogP contribution < -0.4 is 5.32 Å². The number of hydrogen-bond acceptors (Lipinski definition) is 2. The number of aliphatic hydroxyl groups excluding tert-OH is 1. The highest BCUT2D eigenvalue weighted by Crippen LogP contribution is 2.25. The van der Waals surface area contributed by atoms with Gasteiger partial charge in [-0.05, 0) is 55.0 Å². The van der Waals surface area contributed by atoms with E-state index in [0.717, 1.165) is 30.5 Å². The van der Waals surface area contributed by atoms with Crippen LogP contribution in [0.4, 0.5) is 10.5 Å². The standard InChI is InChI=1S/C20H24N2O2/c1-15-6-2-3-8-19(15)16-9-11-17(12-10-16)21-20(24)22-13-5-4-7-18(22)14-23/h2-3,6,8-12,18,23H,4-5,7,13-14H2,1H3,(H,21,24)/t18-/m0/s1. The van der Waals surface area contributed by atoms with Crippen LogP contribution in [0.25, 0.3) is 11.1 Å². The van der Waals surface area contributed by atoms with Gasteiger partial charge in [0.05, 0.1) is 12.6 Å². The first-order valence-corrected chi connectivity index (χ1v) is 8.53. The quantitative estimate of drug-likeness (QED) is 0.895. The maximum Gasteiger partial charge on any atom is 0.322 e. The van der Waals surface area contributed by atoms with Gasteiger partial charge in [-0.2, -0.15) is 0 Å². The van der Waals surface area contributed by atoms with Gasteiger partial charge in [0.25, 0.3) is 0 Å². The van der Waals surface area contributed by atoms with E-state index in [1.807, 2.05) is 36.4 Å². The van der Waals surface area contributed by atoms with Gasteiger partial charge in [-0.1, -0.05) is 36.4 Å². The Morgan fingerprint density at radius 3 is 2.62 bits per heavy atom. The van der Waals surface area contributed by atoms with E-state index in [-0.39, 0.29) is 18.7 Å². The van der Waals surface area contributed by atoms with E-state index >= 15 is 0 Å². The van der Waals surface area contributed by atoms with E-state index in [0.29, 0.717) is 6.54 Å². The molecular formula is C20H24N2O2. The molecule has 0 saturated carbocycles. The largest absolute Gasteiger partial charge is 0.394 e. The van der Waals surface area contributed by atoms with Crippen molar-refractivity contribution in [1.82, 2.24) is 4.90 Å². The summed E-state index contributed by atoms with van der Waals surface area (Å²) in [5.41, 5.74) is 4.34. The molecule has 126 valence electrons. The molecule has 1 heterocycles. The lowest BCUT2D eigenvalue weighted by Gasteiger charge is -2.34. The van der Waals surface area contributed by atoms with Crippen LogP contribution >= 0.6 is 0 Å². The van der Waals surface area contributed by atoms with Crippen molar-refractivity contribution in [3.63, 3.8) is 0 Å². The number of piperidine rings is 1. The molecule has 2 amide bonds. The first kappa shape index (κ1) is 16.5. The third kappa shape index (κ3) is 3.60. The van der Waals surface area contributed by atoms with Crippen LogP contribution in [0.3, 0.4) is 0 Å². The van der Waals surface area contributed by atoms with Gasteiger partial charge < -0.3 is 15.3 Å². The maximum atomic E-state index is 12.4. The predicted octanol–water partition coefficient (Wildman–Crippen LogP) is 4.04. The van der Waals surface area contributed by atoms with E-state index in [9.17, 15) is 9.90 Å². The highest BCUT2D eigenvalue weighted by atomic mass is 16.3. The van der Waals surface area contributed by atoms with Crippen molar-refractivity contribution in [3.8, 4) is 11.1 Å². The molecule has 0 aromatic heterocycles. The van der Waals surface area contributed by atoms with Crippen molar-refractivity contribution in [2.24, 2.45) is 0 Å². The number of rotatable bonds is 3. The van der Waals surface area contributed by atoms with Gasteiger partial charge in [0.2, 0.25) is 0 Å². The highest BCUT2D eigenvalue weighted by molar-refractivity contribution is 5.90. The van der Waals surface area contributed by atoms with Gasteiger partial charge in [-0.25, -0.2) is 4.79 Å². The fourth-order valence-corrected chi connectivity index (χ4v) is 3.28. The van der Waals surface area contributed by atoms with Crippen molar-refractivity contribution in [3.05, 3.63) is 54.1 Å². The fourth-order valence-electron chi connectivity index (χ4n) is 3.28. The Kier molecular flexibility index (Phi) is 5.16. The maximum absolute atomic E-state index is 12.4. The van der Waals surface area contributed by atoms with Crippen LogP contribution in [0.5, 0.6) is 0 Å². The second-order valence-electron chi connectivity index (χ2n) is 6.35. The molecule has 0 unspecified atom stereocenters. The summed E-state index contributed by atoms with van der Waals surface area (Å²) in [7, 11) is 0. The average molecular weight is 324 g/mol. The lowest BCUT2D eigenvalue weighted by atomic mass is 10.0. The monoisotopic (exact) mass is 324 g/mol. The Balaban J connectivity index is 1.70. The molecule has 2 aromatic rings. The Labute approximate surface area is 143 Å². The number of likely N-dealkylation sites (tertiary alicyclic amines) is 1. The minimum Gasteiger partial charge on any atom is -0.394 e. The zero-order valence-electron chi connectivity index (χ0n) is 14.0. The average Bonchev–Trinajstić information content (AvgIpc) is 2.63. The summed E-state index contributed by atoms with van der Waals surface area (Å²) in [5.74, 6) is 0. The summed E-state index contributed by atoms with van der Waals surface area (Å²) in [6.45, 7) is 2.83. The van der Waals surface area contributed by atoms with Crippen LogP contribution in [0.1, 0.15) is 24.8 Å². The molecule has 0 bridgehead atoms. The number of anilines is 1. The second-order valence-corrected chi connectivity index (χ2v) is 6.35. The van der Waals surface area contributed by atoms with Gasteiger partial charge in [-0.3, -0.25) is 0 Å². The van der Waals surface area contributed by atoms with Crippen LogP contribution in [0.15, 0.2) is 48.5 Å². The summed E-state index contributed by atoms with van der Waals surface area (Å²) in [6, 6.07) is 16.0. The minimum absolute atomic E-state index is 0.0274. The van der Waals surface area contributed by atoms with Crippen molar-refractivity contribution >= 4 is 11.7 Å². The molecule has 0 spiro atoms. The predicted molar refractivity (Wildman–Crippen MR) is 97.1 cm³/mol. The molecule has 1 aliphatic rings. The molecule has 1 saturated heterocycles. The topological polar surface area (TPSA) is 52.6 Å². The summed E-state index contributed by atoms with van der Waals surface area (Å²) in [5, 5.41) is 12.4. The Morgan fingerprint density at radius 2 is 1.92 bits per heavy atom. The zero-order valence-corrected chi connectivity index (χ0v) is 14.0.